The van der Waals surface area contributed by atoms with Crippen LogP contribution >= 0.6 is 0 Å². The Morgan fingerprint density at radius 2 is 2.18 bits per heavy atom. The lowest BCUT2D eigenvalue weighted by molar-refractivity contribution is 0.487. The molecule has 0 spiro atoms. The van der Waals surface area contributed by atoms with E-state index in [4.69, 9.17) is 5.73 Å². The third kappa shape index (κ3) is 2.60. The van der Waals surface area contributed by atoms with Gasteiger partial charge in [0.05, 0.1) is 17.4 Å². The van der Waals surface area contributed by atoms with E-state index in [1.165, 1.54) is 31.2 Å². The quantitative estimate of drug-likeness (QED) is 0.629. The molecular formula is C14H21N3. The first-order valence-corrected chi connectivity index (χ1v) is 6.44. The lowest BCUT2D eigenvalue weighted by atomic mass is 10.1. The van der Waals surface area contributed by atoms with Crippen LogP contribution in [0, 0.1) is 0 Å². The first-order valence-electron chi connectivity index (χ1n) is 6.44. The summed E-state index contributed by atoms with van der Waals surface area (Å²) < 4.78 is 2.25. The maximum atomic E-state index is 5.76. The summed E-state index contributed by atoms with van der Waals surface area (Å²) in [6, 6.07) is 6.45. The topological polar surface area (TPSA) is 43.8 Å². The lowest BCUT2D eigenvalue weighted by Gasteiger charge is -2.14. The van der Waals surface area contributed by atoms with E-state index < -0.39 is 0 Å². The highest BCUT2D eigenvalue weighted by atomic mass is 15.1. The van der Waals surface area contributed by atoms with Gasteiger partial charge in [0, 0.05) is 11.7 Å². The van der Waals surface area contributed by atoms with Crippen LogP contribution in [-0.4, -0.2) is 9.55 Å². The Morgan fingerprint density at radius 3 is 2.94 bits per heavy atom. The molecule has 0 aliphatic carbocycles. The zero-order chi connectivity index (χ0) is 12.3. The molecule has 3 nitrogen and oxygen atoms in total. The predicted molar refractivity (Wildman–Crippen MR) is 73.0 cm³/mol. The molecule has 0 fully saturated rings. The average Bonchev–Trinajstić information content (AvgIpc) is 2.72. The summed E-state index contributed by atoms with van der Waals surface area (Å²) in [5, 5.41) is 0. The molecular weight excluding hydrogens is 210 g/mol. The van der Waals surface area contributed by atoms with Crippen molar-refractivity contribution in [1.82, 2.24) is 9.55 Å². The van der Waals surface area contributed by atoms with Gasteiger partial charge < -0.3 is 10.3 Å². The molecule has 1 heterocycles. The van der Waals surface area contributed by atoms with Crippen LogP contribution in [0.3, 0.4) is 0 Å². The maximum absolute atomic E-state index is 5.76. The standard InChI is InChI=1S/C14H21N3/c1-3-4-5-6-11(2)17-10-16-13-9-12(15)7-8-14(13)17/h7-11H,3-6,15H2,1-2H3. The summed E-state index contributed by atoms with van der Waals surface area (Å²) in [6.45, 7) is 4.49. The molecule has 2 rings (SSSR count). The number of nitrogen functional groups attached to an aromatic ring is 1. The fraction of sp³-hybridized carbons (Fsp3) is 0.500. The Balaban J connectivity index is 2.17. The Labute approximate surface area is 103 Å². The SMILES string of the molecule is CCCCCC(C)n1cnc2cc(N)ccc21. The largest absolute Gasteiger partial charge is 0.399 e. The monoisotopic (exact) mass is 231 g/mol. The molecule has 1 atom stereocenters. The number of aromatic nitrogens is 2. The van der Waals surface area contributed by atoms with E-state index in [1.54, 1.807) is 0 Å². The lowest BCUT2D eigenvalue weighted by Crippen LogP contribution is -2.03. The number of nitrogens with two attached hydrogens (primary N) is 1. The zero-order valence-electron chi connectivity index (χ0n) is 10.7. The Kier molecular flexibility index (Phi) is 3.67. The van der Waals surface area contributed by atoms with Gasteiger partial charge in [0.15, 0.2) is 0 Å². The van der Waals surface area contributed by atoms with Gasteiger partial charge in [-0.2, -0.15) is 0 Å². The van der Waals surface area contributed by atoms with E-state index in [1.807, 2.05) is 18.5 Å². The van der Waals surface area contributed by atoms with Gasteiger partial charge in [0.2, 0.25) is 0 Å². The number of rotatable bonds is 5. The smallest absolute Gasteiger partial charge is 0.0960 e. The molecule has 17 heavy (non-hydrogen) atoms. The summed E-state index contributed by atoms with van der Waals surface area (Å²) in [7, 11) is 0. The molecule has 3 heteroatoms. The van der Waals surface area contributed by atoms with Gasteiger partial charge in [-0.1, -0.05) is 26.2 Å². The molecule has 2 N–H and O–H groups in total. The first kappa shape index (κ1) is 12.0. The van der Waals surface area contributed by atoms with E-state index in [-0.39, 0.29) is 0 Å². The van der Waals surface area contributed by atoms with Crippen LogP contribution in [0.1, 0.15) is 45.6 Å². The van der Waals surface area contributed by atoms with Gasteiger partial charge in [0.25, 0.3) is 0 Å². The second kappa shape index (κ2) is 5.21. The number of nitrogens with zero attached hydrogens (tertiary/aromatic N) is 2. The normalized spacial score (nSPS) is 13.1. The molecule has 1 unspecified atom stereocenters. The van der Waals surface area contributed by atoms with Crippen LogP contribution in [0.4, 0.5) is 5.69 Å². The first-order chi connectivity index (χ1) is 8.22. The summed E-state index contributed by atoms with van der Waals surface area (Å²) in [4.78, 5) is 4.41. The van der Waals surface area contributed by atoms with Crippen molar-refractivity contribution in [3.8, 4) is 0 Å². The minimum absolute atomic E-state index is 0.509. The molecule has 0 aliphatic heterocycles. The van der Waals surface area contributed by atoms with Crippen LogP contribution in [0.2, 0.25) is 0 Å². The van der Waals surface area contributed by atoms with Crippen LogP contribution in [0.25, 0.3) is 11.0 Å². The number of anilines is 1. The number of imidazole rings is 1. The summed E-state index contributed by atoms with van der Waals surface area (Å²) >= 11 is 0. The molecule has 0 saturated heterocycles. The number of benzene rings is 1. The summed E-state index contributed by atoms with van der Waals surface area (Å²) in [5.41, 5.74) is 8.71. The third-order valence-corrected chi connectivity index (χ3v) is 3.30. The Bertz CT molecular complexity index is 487. The second-order valence-electron chi connectivity index (χ2n) is 4.74. The maximum Gasteiger partial charge on any atom is 0.0960 e. The second-order valence-corrected chi connectivity index (χ2v) is 4.74. The van der Waals surface area contributed by atoms with Gasteiger partial charge in [-0.05, 0) is 31.5 Å². The highest BCUT2D eigenvalue weighted by Gasteiger charge is 2.08. The van der Waals surface area contributed by atoms with Gasteiger partial charge in [-0.3, -0.25) is 0 Å². The summed E-state index contributed by atoms with van der Waals surface area (Å²) in [6.07, 6.45) is 7.01. The molecule has 0 radical (unpaired) electrons. The molecule has 1 aromatic heterocycles. The van der Waals surface area contributed by atoms with E-state index in [2.05, 4.69) is 29.5 Å². The third-order valence-electron chi connectivity index (χ3n) is 3.30. The number of hydrogen-bond donors (Lipinski definition) is 1. The van der Waals surface area contributed by atoms with Gasteiger partial charge in [0.1, 0.15) is 0 Å². The van der Waals surface area contributed by atoms with Crippen molar-refractivity contribution in [2.75, 3.05) is 5.73 Å². The van der Waals surface area contributed by atoms with E-state index in [9.17, 15) is 0 Å². The van der Waals surface area contributed by atoms with Crippen molar-refractivity contribution in [2.24, 2.45) is 0 Å². The van der Waals surface area contributed by atoms with E-state index in [0.29, 0.717) is 6.04 Å². The van der Waals surface area contributed by atoms with Gasteiger partial charge in [-0.15, -0.1) is 0 Å². The highest BCUT2D eigenvalue weighted by Crippen LogP contribution is 2.23. The fourth-order valence-corrected chi connectivity index (χ4v) is 2.23. The summed E-state index contributed by atoms with van der Waals surface area (Å²) in [5.74, 6) is 0. The molecule has 1 aromatic carbocycles. The molecule has 0 amide bonds. The van der Waals surface area contributed by atoms with Crippen LogP contribution in [-0.2, 0) is 0 Å². The van der Waals surface area contributed by atoms with Crippen LogP contribution in [0.15, 0.2) is 24.5 Å². The Hall–Kier alpha value is -1.51. The van der Waals surface area contributed by atoms with E-state index in [0.717, 1.165) is 11.2 Å². The van der Waals surface area contributed by atoms with Crippen molar-refractivity contribution in [1.29, 1.82) is 0 Å². The van der Waals surface area contributed by atoms with Gasteiger partial charge in [-0.25, -0.2) is 4.98 Å². The van der Waals surface area contributed by atoms with Crippen LogP contribution < -0.4 is 5.73 Å². The number of fused-ring (bicyclic) bond motifs is 1. The average molecular weight is 231 g/mol. The van der Waals surface area contributed by atoms with Crippen molar-refractivity contribution in [3.63, 3.8) is 0 Å². The Morgan fingerprint density at radius 1 is 1.35 bits per heavy atom. The zero-order valence-corrected chi connectivity index (χ0v) is 10.7. The van der Waals surface area contributed by atoms with Crippen LogP contribution in [0.5, 0.6) is 0 Å². The van der Waals surface area contributed by atoms with E-state index >= 15 is 0 Å². The molecule has 92 valence electrons. The number of unbranched alkanes of at least 4 members (excludes halogenated alkanes) is 2. The molecule has 0 bridgehead atoms. The number of hydrogen-bond acceptors (Lipinski definition) is 2. The fourth-order valence-electron chi connectivity index (χ4n) is 2.23. The predicted octanol–water partition coefficient (Wildman–Crippen LogP) is 3.76. The van der Waals surface area contributed by atoms with Crippen molar-refractivity contribution >= 4 is 16.7 Å². The van der Waals surface area contributed by atoms with Crippen molar-refractivity contribution in [2.45, 2.75) is 45.6 Å². The highest BCUT2D eigenvalue weighted by molar-refractivity contribution is 5.79. The molecule has 2 aromatic rings. The minimum atomic E-state index is 0.509. The minimum Gasteiger partial charge on any atom is -0.399 e. The van der Waals surface area contributed by atoms with Crippen molar-refractivity contribution < 1.29 is 0 Å². The van der Waals surface area contributed by atoms with Crippen molar-refractivity contribution in [3.05, 3.63) is 24.5 Å². The molecule has 0 aliphatic rings. The van der Waals surface area contributed by atoms with Gasteiger partial charge >= 0.3 is 0 Å². The molecule has 0 saturated carbocycles.